The van der Waals surface area contributed by atoms with Crippen LogP contribution >= 0.6 is 0 Å². The third kappa shape index (κ3) is 7.78. The summed E-state index contributed by atoms with van der Waals surface area (Å²) in [5.74, 6) is 0. The first-order chi connectivity index (χ1) is 36.2. The highest BCUT2D eigenvalue weighted by Crippen LogP contribution is 2.49. The van der Waals surface area contributed by atoms with E-state index in [0.717, 1.165) is 50.7 Å². The maximum Gasteiger partial charge on any atom is 0.136 e. The van der Waals surface area contributed by atoms with Gasteiger partial charge < -0.3 is 18.6 Å². The first-order valence-corrected chi connectivity index (χ1v) is 27.1. The number of furan rings is 1. The summed E-state index contributed by atoms with van der Waals surface area (Å²) in [5, 5.41) is 11.9. The fourth-order valence-corrected chi connectivity index (χ4v) is 11.9. The minimum atomic E-state index is 0.0536. The van der Waals surface area contributed by atoms with Crippen molar-refractivity contribution in [3.05, 3.63) is 210 Å². The molecule has 0 unspecified atom stereocenters. The first-order valence-electron chi connectivity index (χ1n) is 27.1. The van der Waals surface area contributed by atoms with Gasteiger partial charge in [-0.1, -0.05) is 162 Å². The Balaban J connectivity index is 1.01. The molecule has 0 bridgehead atoms. The Morgan fingerprint density at radius 1 is 0.303 bits per heavy atom. The van der Waals surface area contributed by atoms with E-state index < -0.39 is 0 Å². The second-order valence-corrected chi connectivity index (χ2v) is 25.6. The van der Waals surface area contributed by atoms with Crippen LogP contribution in [0.15, 0.2) is 192 Å². The second-order valence-electron chi connectivity index (χ2n) is 25.6. The number of hydrogen-bond acceptors (Lipinski definition) is 3. The van der Waals surface area contributed by atoms with Gasteiger partial charge >= 0.3 is 0 Å². The van der Waals surface area contributed by atoms with Crippen molar-refractivity contribution in [1.82, 2.24) is 4.40 Å². The van der Waals surface area contributed by atoms with Crippen molar-refractivity contribution < 1.29 is 4.42 Å². The van der Waals surface area contributed by atoms with E-state index in [1.54, 1.807) is 0 Å². The van der Waals surface area contributed by atoms with E-state index in [9.17, 15) is 0 Å². The van der Waals surface area contributed by atoms with Crippen molar-refractivity contribution in [2.75, 3.05) is 9.80 Å². The minimum Gasteiger partial charge on any atom is -0.456 e. The lowest BCUT2D eigenvalue weighted by Crippen LogP contribution is -2.14. The first kappa shape index (κ1) is 47.6. The van der Waals surface area contributed by atoms with E-state index in [1.807, 2.05) is 0 Å². The molecule has 0 saturated heterocycles. The number of anilines is 6. The van der Waals surface area contributed by atoms with Crippen LogP contribution in [-0.2, 0) is 21.7 Å². The molecule has 4 heteroatoms. The van der Waals surface area contributed by atoms with E-state index in [4.69, 9.17) is 4.42 Å². The molecular weight excluding hydrogens is 923 g/mol. The number of fused-ring (bicyclic) bond motifs is 12. The summed E-state index contributed by atoms with van der Waals surface area (Å²) < 4.78 is 9.36. The second kappa shape index (κ2) is 16.7. The van der Waals surface area contributed by atoms with Gasteiger partial charge in [-0.15, -0.1) is 0 Å². The van der Waals surface area contributed by atoms with Crippen LogP contribution in [0, 0.1) is 0 Å². The Hall–Kier alpha value is -8.08. The monoisotopic (exact) mass is 990 g/mol. The van der Waals surface area contributed by atoms with Crippen molar-refractivity contribution >= 4 is 116 Å². The topological polar surface area (TPSA) is 24.0 Å². The third-order valence-corrected chi connectivity index (χ3v) is 16.3. The van der Waals surface area contributed by atoms with Crippen molar-refractivity contribution in [3.63, 3.8) is 0 Å². The fraction of sp³-hybridized carbons (Fsp3) is 0.222. The lowest BCUT2D eigenvalue weighted by atomic mass is 9.86. The number of hydrogen-bond donors (Lipinski definition) is 0. The molecule has 0 aliphatic rings. The molecule has 10 aromatic carbocycles. The SMILES string of the molecule is CC(C)(C)c1ccc(N(c2ccc(C(C)(C)C)cc2)c2ccc3cc4c(cc3c2)c2cc3oc5ccccc5c3c3c5cc6cc(N(c7ccc(C(C)(C)C)cc7)c7ccc(C(C)(C)C)cc7)ccc6cc5n4c23)cc1. The Morgan fingerprint density at radius 3 is 1.11 bits per heavy atom. The zero-order valence-electron chi connectivity index (χ0n) is 46.1. The van der Waals surface area contributed by atoms with Crippen LogP contribution in [0.3, 0.4) is 0 Å². The fourth-order valence-electron chi connectivity index (χ4n) is 11.9. The lowest BCUT2D eigenvalue weighted by molar-refractivity contribution is 0.590. The molecule has 13 aromatic rings. The number of aromatic nitrogens is 1. The van der Waals surface area contributed by atoms with E-state index in [-0.39, 0.29) is 21.7 Å². The summed E-state index contributed by atoms with van der Waals surface area (Å²) in [7, 11) is 0. The predicted molar refractivity (Wildman–Crippen MR) is 328 cm³/mol. The molecule has 76 heavy (non-hydrogen) atoms. The highest BCUT2D eigenvalue weighted by atomic mass is 16.3. The zero-order valence-corrected chi connectivity index (χ0v) is 46.1. The molecule has 0 atom stereocenters. The molecule has 0 radical (unpaired) electrons. The number of nitrogens with zero attached hydrogens (tertiary/aromatic N) is 3. The summed E-state index contributed by atoms with van der Waals surface area (Å²) in [6, 6.07) is 71.0. The highest BCUT2D eigenvalue weighted by Gasteiger charge is 2.26. The van der Waals surface area contributed by atoms with Crippen molar-refractivity contribution in [2.45, 2.75) is 105 Å². The van der Waals surface area contributed by atoms with Gasteiger partial charge in [0.05, 0.1) is 16.6 Å². The Morgan fingerprint density at radius 2 is 0.684 bits per heavy atom. The van der Waals surface area contributed by atoms with Gasteiger partial charge in [0.1, 0.15) is 11.2 Å². The molecule has 0 saturated carbocycles. The Kier molecular flexibility index (Phi) is 10.5. The summed E-state index contributed by atoms with van der Waals surface area (Å²) in [6.07, 6.45) is 0. The predicted octanol–water partition coefficient (Wildman–Crippen LogP) is 21.2. The molecule has 0 aliphatic heterocycles. The smallest absolute Gasteiger partial charge is 0.136 e. The summed E-state index contributed by atoms with van der Waals surface area (Å²) in [6.45, 7) is 27.3. The van der Waals surface area contributed by atoms with Crippen LogP contribution in [-0.4, -0.2) is 4.40 Å². The van der Waals surface area contributed by atoms with Crippen LogP contribution in [0.25, 0.3) is 81.6 Å². The highest BCUT2D eigenvalue weighted by molar-refractivity contribution is 6.36. The molecule has 0 aliphatic carbocycles. The zero-order chi connectivity index (χ0) is 52.8. The lowest BCUT2D eigenvalue weighted by Gasteiger charge is -2.28. The molecule has 0 amide bonds. The van der Waals surface area contributed by atoms with Crippen LogP contribution in [0.2, 0.25) is 0 Å². The largest absolute Gasteiger partial charge is 0.456 e. The van der Waals surface area contributed by atoms with Gasteiger partial charge in [-0.3, -0.25) is 0 Å². The standard InChI is InChI=1S/C72H67N3O/c1-69(2,3)48-19-29-52(30-20-48)73(53-31-21-49(22-32-53)70(4,5)6)56-27-17-44-41-62-59(39-46(44)37-56)60-43-65-66(58-15-13-14-16-64(58)76-65)67-61-40-47-38-57(28-18-45(47)42-63(61)75(62)68(60)67)74(54-33-23-50(24-34-54)71(7,8)9)55-35-25-51(26-36-55)72(10,11)12/h13-43H,1-12H3. The number of rotatable bonds is 6. The molecule has 4 nitrogen and oxygen atoms in total. The van der Waals surface area contributed by atoms with Crippen molar-refractivity contribution in [1.29, 1.82) is 0 Å². The molecule has 13 rings (SSSR count). The van der Waals surface area contributed by atoms with Gasteiger partial charge in [-0.25, -0.2) is 0 Å². The molecular formula is C72H67N3O. The number of para-hydroxylation sites is 1. The summed E-state index contributed by atoms with van der Waals surface area (Å²) in [4.78, 5) is 4.81. The van der Waals surface area contributed by atoms with E-state index in [2.05, 4.69) is 285 Å². The quantitative estimate of drug-likeness (QED) is 0.166. The summed E-state index contributed by atoms with van der Waals surface area (Å²) in [5.41, 5.74) is 17.7. The van der Waals surface area contributed by atoms with Crippen LogP contribution < -0.4 is 9.80 Å². The van der Waals surface area contributed by atoms with E-state index >= 15 is 0 Å². The molecule has 3 aromatic heterocycles. The van der Waals surface area contributed by atoms with Crippen LogP contribution in [0.5, 0.6) is 0 Å². The minimum absolute atomic E-state index is 0.0536. The van der Waals surface area contributed by atoms with Crippen molar-refractivity contribution in [2.24, 2.45) is 0 Å². The van der Waals surface area contributed by atoms with Gasteiger partial charge in [-0.05, 0) is 175 Å². The van der Waals surface area contributed by atoms with Gasteiger partial charge in [0.15, 0.2) is 0 Å². The normalized spacial score (nSPS) is 13.0. The molecule has 0 spiro atoms. The molecule has 0 N–H and O–H groups in total. The average molecular weight is 990 g/mol. The summed E-state index contributed by atoms with van der Waals surface area (Å²) >= 11 is 0. The van der Waals surface area contributed by atoms with Gasteiger partial charge in [0.2, 0.25) is 0 Å². The van der Waals surface area contributed by atoms with E-state index in [1.165, 1.54) is 87.3 Å². The Labute approximate surface area is 447 Å². The van der Waals surface area contributed by atoms with Gasteiger partial charge in [-0.2, -0.15) is 0 Å². The molecule has 3 heterocycles. The van der Waals surface area contributed by atoms with Crippen LogP contribution in [0.1, 0.15) is 105 Å². The number of benzene rings is 10. The Bertz CT molecular complexity index is 4280. The van der Waals surface area contributed by atoms with Crippen molar-refractivity contribution in [3.8, 4) is 0 Å². The maximum absolute atomic E-state index is 6.83. The van der Waals surface area contributed by atoms with E-state index in [0.29, 0.717) is 0 Å². The molecule has 376 valence electrons. The van der Waals surface area contributed by atoms with Gasteiger partial charge in [0, 0.05) is 66.4 Å². The molecule has 0 fully saturated rings. The van der Waals surface area contributed by atoms with Crippen LogP contribution in [0.4, 0.5) is 34.1 Å². The average Bonchev–Trinajstić information content (AvgIpc) is 4.26. The van der Waals surface area contributed by atoms with Gasteiger partial charge in [0.25, 0.3) is 0 Å². The maximum atomic E-state index is 6.83. The third-order valence-electron chi connectivity index (χ3n) is 16.3.